The van der Waals surface area contributed by atoms with Crippen LogP contribution in [0.25, 0.3) is 0 Å². The van der Waals surface area contributed by atoms with Gasteiger partial charge in [-0.3, -0.25) is 4.90 Å². The van der Waals surface area contributed by atoms with Gasteiger partial charge in [-0.15, -0.1) is 0 Å². The first kappa shape index (κ1) is 13.6. The number of rotatable bonds is 2. The fourth-order valence-corrected chi connectivity index (χ4v) is 3.62. The van der Waals surface area contributed by atoms with Crippen LogP contribution in [0, 0.1) is 26.7 Å². The number of nitrogens with two attached hydrogens (primary N) is 1. The van der Waals surface area contributed by atoms with Crippen molar-refractivity contribution in [3.05, 3.63) is 34.4 Å². The van der Waals surface area contributed by atoms with E-state index in [4.69, 9.17) is 5.73 Å². The Morgan fingerprint density at radius 3 is 2.39 bits per heavy atom. The summed E-state index contributed by atoms with van der Waals surface area (Å²) in [6.07, 6.45) is 2.54. The molecule has 2 nitrogen and oxygen atoms in total. The van der Waals surface area contributed by atoms with Crippen molar-refractivity contribution in [2.45, 2.75) is 39.7 Å². The van der Waals surface area contributed by atoms with E-state index >= 15 is 0 Å². The SMILES string of the molecule is Cc1cc(C)c(C2C(CN)CCCN2C)c(C)c1. The second-order valence-corrected chi connectivity index (χ2v) is 5.88. The van der Waals surface area contributed by atoms with Crippen LogP contribution in [0.5, 0.6) is 0 Å². The van der Waals surface area contributed by atoms with E-state index in [0.29, 0.717) is 12.0 Å². The highest BCUT2D eigenvalue weighted by molar-refractivity contribution is 5.40. The summed E-state index contributed by atoms with van der Waals surface area (Å²) in [5.41, 5.74) is 11.7. The summed E-state index contributed by atoms with van der Waals surface area (Å²) in [6, 6.07) is 5.11. The number of benzene rings is 1. The summed E-state index contributed by atoms with van der Waals surface area (Å²) in [7, 11) is 2.24. The van der Waals surface area contributed by atoms with Crippen molar-refractivity contribution in [1.29, 1.82) is 0 Å². The molecule has 18 heavy (non-hydrogen) atoms. The Kier molecular flexibility index (Phi) is 4.08. The van der Waals surface area contributed by atoms with E-state index in [2.05, 4.69) is 44.9 Å². The highest BCUT2D eigenvalue weighted by Gasteiger charge is 2.31. The van der Waals surface area contributed by atoms with Crippen LogP contribution in [-0.4, -0.2) is 25.0 Å². The molecule has 0 aromatic heterocycles. The van der Waals surface area contributed by atoms with E-state index < -0.39 is 0 Å². The molecule has 1 fully saturated rings. The molecule has 2 unspecified atom stereocenters. The minimum absolute atomic E-state index is 0.504. The first-order valence-electron chi connectivity index (χ1n) is 7.02. The Bertz CT molecular complexity index is 402. The van der Waals surface area contributed by atoms with Gasteiger partial charge in [-0.05, 0) is 76.4 Å². The number of nitrogens with zero attached hydrogens (tertiary/aromatic N) is 1. The summed E-state index contributed by atoms with van der Waals surface area (Å²) in [4.78, 5) is 2.49. The van der Waals surface area contributed by atoms with Gasteiger partial charge in [0.1, 0.15) is 0 Å². The average Bonchev–Trinajstić information content (AvgIpc) is 2.29. The number of likely N-dealkylation sites (tertiary alicyclic amines) is 1. The lowest BCUT2D eigenvalue weighted by molar-refractivity contribution is 0.124. The molecule has 0 saturated carbocycles. The van der Waals surface area contributed by atoms with E-state index in [9.17, 15) is 0 Å². The normalized spacial score (nSPS) is 25.4. The van der Waals surface area contributed by atoms with Gasteiger partial charge >= 0.3 is 0 Å². The van der Waals surface area contributed by atoms with Gasteiger partial charge in [-0.25, -0.2) is 0 Å². The summed E-state index contributed by atoms with van der Waals surface area (Å²) in [6.45, 7) is 8.64. The first-order valence-corrected chi connectivity index (χ1v) is 7.02. The highest BCUT2D eigenvalue weighted by Crippen LogP contribution is 2.37. The van der Waals surface area contributed by atoms with Gasteiger partial charge in [-0.1, -0.05) is 17.7 Å². The molecule has 2 atom stereocenters. The molecule has 0 bridgehead atoms. The van der Waals surface area contributed by atoms with Crippen LogP contribution in [-0.2, 0) is 0 Å². The van der Waals surface area contributed by atoms with Crippen molar-refractivity contribution in [3.63, 3.8) is 0 Å². The third-order valence-corrected chi connectivity index (χ3v) is 4.34. The van der Waals surface area contributed by atoms with Crippen molar-refractivity contribution in [2.75, 3.05) is 20.1 Å². The first-order chi connectivity index (χ1) is 8.54. The Labute approximate surface area is 111 Å². The predicted molar refractivity (Wildman–Crippen MR) is 77.8 cm³/mol. The third-order valence-electron chi connectivity index (χ3n) is 4.34. The van der Waals surface area contributed by atoms with Crippen LogP contribution in [0.2, 0.25) is 0 Å². The number of piperidine rings is 1. The second-order valence-electron chi connectivity index (χ2n) is 5.88. The van der Waals surface area contributed by atoms with Gasteiger partial charge in [0.05, 0.1) is 0 Å². The Balaban J connectivity index is 2.45. The Hall–Kier alpha value is -0.860. The van der Waals surface area contributed by atoms with Gasteiger partial charge in [0.2, 0.25) is 0 Å². The van der Waals surface area contributed by atoms with Crippen molar-refractivity contribution in [3.8, 4) is 0 Å². The minimum Gasteiger partial charge on any atom is -0.330 e. The average molecular weight is 246 g/mol. The lowest BCUT2D eigenvalue weighted by atomic mass is 9.81. The maximum absolute atomic E-state index is 6.00. The molecular weight excluding hydrogens is 220 g/mol. The zero-order chi connectivity index (χ0) is 13.3. The lowest BCUT2D eigenvalue weighted by Crippen LogP contribution is -2.40. The number of hydrogen-bond donors (Lipinski definition) is 1. The molecule has 1 aromatic rings. The zero-order valence-electron chi connectivity index (χ0n) is 12.2. The Morgan fingerprint density at radius 2 is 1.83 bits per heavy atom. The van der Waals surface area contributed by atoms with E-state index in [0.717, 1.165) is 6.54 Å². The molecule has 2 heteroatoms. The monoisotopic (exact) mass is 246 g/mol. The molecule has 100 valence electrons. The standard InChI is InChI=1S/C16H26N2/c1-11-8-12(2)15(13(3)9-11)16-14(10-17)6-5-7-18(16)4/h8-9,14,16H,5-7,10,17H2,1-4H3. The van der Waals surface area contributed by atoms with Gasteiger partial charge < -0.3 is 5.73 Å². The van der Waals surface area contributed by atoms with Gasteiger partial charge in [0, 0.05) is 6.04 Å². The highest BCUT2D eigenvalue weighted by atomic mass is 15.1. The second kappa shape index (κ2) is 5.41. The largest absolute Gasteiger partial charge is 0.330 e. The van der Waals surface area contributed by atoms with Gasteiger partial charge in [0.15, 0.2) is 0 Å². The summed E-state index contributed by atoms with van der Waals surface area (Å²) >= 11 is 0. The molecule has 1 aromatic carbocycles. The van der Waals surface area contributed by atoms with E-state index in [-0.39, 0.29) is 0 Å². The van der Waals surface area contributed by atoms with Crippen LogP contribution >= 0.6 is 0 Å². The topological polar surface area (TPSA) is 29.3 Å². The van der Waals surface area contributed by atoms with Crippen molar-refractivity contribution in [2.24, 2.45) is 11.7 Å². The van der Waals surface area contributed by atoms with Crippen LogP contribution < -0.4 is 5.73 Å². The van der Waals surface area contributed by atoms with Gasteiger partial charge in [0.25, 0.3) is 0 Å². The molecule has 0 radical (unpaired) electrons. The van der Waals surface area contributed by atoms with Crippen LogP contribution in [0.1, 0.15) is 41.1 Å². The van der Waals surface area contributed by atoms with E-state index in [1.165, 1.54) is 41.6 Å². The van der Waals surface area contributed by atoms with Crippen LogP contribution in [0.4, 0.5) is 0 Å². The Morgan fingerprint density at radius 1 is 1.22 bits per heavy atom. The van der Waals surface area contributed by atoms with Gasteiger partial charge in [-0.2, -0.15) is 0 Å². The maximum Gasteiger partial charge on any atom is 0.0390 e. The molecule has 0 amide bonds. The van der Waals surface area contributed by atoms with Crippen molar-refractivity contribution < 1.29 is 0 Å². The molecule has 1 aliphatic heterocycles. The molecule has 2 rings (SSSR count). The summed E-state index contributed by atoms with van der Waals surface area (Å²) < 4.78 is 0. The van der Waals surface area contributed by atoms with Crippen molar-refractivity contribution >= 4 is 0 Å². The van der Waals surface area contributed by atoms with Crippen LogP contribution in [0.3, 0.4) is 0 Å². The molecule has 1 aliphatic rings. The minimum atomic E-state index is 0.504. The van der Waals surface area contributed by atoms with E-state index in [1.54, 1.807) is 0 Å². The molecule has 1 heterocycles. The molecule has 0 aliphatic carbocycles. The van der Waals surface area contributed by atoms with Crippen LogP contribution in [0.15, 0.2) is 12.1 Å². The molecule has 0 spiro atoms. The lowest BCUT2D eigenvalue weighted by Gasteiger charge is -2.40. The predicted octanol–water partition coefficient (Wildman–Crippen LogP) is 2.95. The third kappa shape index (κ3) is 2.45. The fraction of sp³-hybridized carbons (Fsp3) is 0.625. The summed E-state index contributed by atoms with van der Waals surface area (Å²) in [5, 5.41) is 0. The number of aryl methyl sites for hydroxylation is 3. The zero-order valence-corrected chi connectivity index (χ0v) is 12.2. The number of hydrogen-bond acceptors (Lipinski definition) is 2. The van der Waals surface area contributed by atoms with E-state index in [1.807, 2.05) is 0 Å². The molecule has 2 N–H and O–H groups in total. The molecule has 1 saturated heterocycles. The summed E-state index contributed by atoms with van der Waals surface area (Å²) in [5.74, 6) is 0.601. The van der Waals surface area contributed by atoms with Crippen molar-refractivity contribution in [1.82, 2.24) is 4.90 Å². The smallest absolute Gasteiger partial charge is 0.0390 e. The fourth-order valence-electron chi connectivity index (χ4n) is 3.62. The maximum atomic E-state index is 6.00. The quantitative estimate of drug-likeness (QED) is 0.869. The molecular formula is C16H26N2.